The lowest BCUT2D eigenvalue weighted by Gasteiger charge is -2.08. The molecule has 1 amide bonds. The second kappa shape index (κ2) is 10.0. The Morgan fingerprint density at radius 3 is 2.52 bits per heavy atom. The summed E-state index contributed by atoms with van der Waals surface area (Å²) in [7, 11) is -3.91. The number of hydrogen-bond acceptors (Lipinski definition) is 6. The van der Waals surface area contributed by atoms with Crippen molar-refractivity contribution in [3.8, 4) is 11.3 Å². The van der Waals surface area contributed by atoms with E-state index in [1.165, 1.54) is 18.2 Å². The first-order chi connectivity index (χ1) is 14.8. The molecule has 10 heteroatoms. The molecule has 0 aliphatic rings. The number of benzene rings is 2. The maximum Gasteiger partial charge on any atom is 0.270 e. The molecule has 0 saturated heterocycles. The van der Waals surface area contributed by atoms with Crippen molar-refractivity contribution in [3.05, 3.63) is 82.6 Å². The first-order valence-electron chi connectivity index (χ1n) is 9.50. The van der Waals surface area contributed by atoms with Crippen molar-refractivity contribution < 1.29 is 22.6 Å². The number of aryl methyl sites for hydroxylation is 1. The number of nitrogens with zero attached hydrogens (tertiary/aromatic N) is 1. The van der Waals surface area contributed by atoms with Crippen molar-refractivity contribution in [2.24, 2.45) is 0 Å². The second-order valence-electron chi connectivity index (χ2n) is 6.63. The summed E-state index contributed by atoms with van der Waals surface area (Å²) < 4.78 is 32.5. The minimum Gasteiger partial charge on any atom is -0.461 e. The molecule has 1 heterocycles. The molecule has 0 aliphatic heterocycles. The Hall–Kier alpha value is -3.50. The van der Waals surface area contributed by atoms with Crippen LogP contribution in [0, 0.1) is 10.1 Å². The molecule has 3 rings (SSSR count). The van der Waals surface area contributed by atoms with Gasteiger partial charge in [0.1, 0.15) is 11.5 Å². The predicted octanol–water partition coefficient (Wildman–Crippen LogP) is 2.88. The SMILES string of the molecule is O=C(CCc1ccc(-c2ccccc2)o1)NCCNS(=O)(=O)c1cccc([N+](=O)[O-])c1. The zero-order valence-electron chi connectivity index (χ0n) is 16.5. The number of furan rings is 1. The van der Waals surface area contributed by atoms with Crippen molar-refractivity contribution in [2.75, 3.05) is 13.1 Å². The van der Waals surface area contributed by atoms with Crippen LogP contribution in [0.4, 0.5) is 5.69 Å². The van der Waals surface area contributed by atoms with E-state index in [1.807, 2.05) is 42.5 Å². The predicted molar refractivity (Wildman–Crippen MR) is 114 cm³/mol. The molecule has 0 aliphatic carbocycles. The van der Waals surface area contributed by atoms with Gasteiger partial charge in [-0.3, -0.25) is 14.9 Å². The van der Waals surface area contributed by atoms with Crippen molar-refractivity contribution in [1.29, 1.82) is 0 Å². The third kappa shape index (κ3) is 6.24. The molecule has 2 N–H and O–H groups in total. The normalized spacial score (nSPS) is 11.2. The van der Waals surface area contributed by atoms with E-state index in [9.17, 15) is 23.3 Å². The van der Waals surface area contributed by atoms with Crippen LogP contribution in [0.1, 0.15) is 12.2 Å². The van der Waals surface area contributed by atoms with Gasteiger partial charge in [-0.1, -0.05) is 36.4 Å². The van der Waals surface area contributed by atoms with E-state index in [4.69, 9.17) is 4.42 Å². The van der Waals surface area contributed by atoms with Gasteiger partial charge >= 0.3 is 0 Å². The van der Waals surface area contributed by atoms with Crippen molar-refractivity contribution >= 4 is 21.6 Å². The monoisotopic (exact) mass is 443 g/mol. The van der Waals surface area contributed by atoms with Crippen molar-refractivity contribution in [2.45, 2.75) is 17.7 Å². The van der Waals surface area contributed by atoms with Gasteiger partial charge in [0, 0.05) is 43.6 Å². The van der Waals surface area contributed by atoms with Crippen LogP contribution in [0.15, 0.2) is 76.0 Å². The number of amides is 1. The lowest BCUT2D eigenvalue weighted by Crippen LogP contribution is -2.34. The molecule has 0 atom stereocenters. The van der Waals surface area contributed by atoms with E-state index in [-0.39, 0.29) is 36.0 Å². The Morgan fingerprint density at radius 2 is 1.77 bits per heavy atom. The highest BCUT2D eigenvalue weighted by Crippen LogP contribution is 2.22. The fourth-order valence-electron chi connectivity index (χ4n) is 2.83. The summed E-state index contributed by atoms with van der Waals surface area (Å²) in [5.74, 6) is 1.17. The standard InChI is InChI=1S/C21H21N3O6S/c25-21(12-10-18-9-11-20(30-18)16-5-2-1-3-6-16)22-13-14-23-31(28,29)19-8-4-7-17(15-19)24(26)27/h1-9,11,15,23H,10,12-14H2,(H,22,25). The van der Waals surface area contributed by atoms with Crippen LogP contribution in [-0.2, 0) is 21.2 Å². The van der Waals surface area contributed by atoms with Gasteiger partial charge in [0.25, 0.3) is 5.69 Å². The van der Waals surface area contributed by atoms with Gasteiger partial charge in [-0.2, -0.15) is 0 Å². The molecule has 31 heavy (non-hydrogen) atoms. The molecule has 0 unspecified atom stereocenters. The number of non-ortho nitro benzene ring substituents is 1. The zero-order valence-corrected chi connectivity index (χ0v) is 17.3. The fourth-order valence-corrected chi connectivity index (χ4v) is 3.90. The Balaban J connectivity index is 1.42. The number of sulfonamides is 1. The molecule has 2 aromatic carbocycles. The average Bonchev–Trinajstić information content (AvgIpc) is 3.25. The van der Waals surface area contributed by atoms with Crippen LogP contribution >= 0.6 is 0 Å². The molecule has 0 radical (unpaired) electrons. The van der Waals surface area contributed by atoms with Crippen LogP contribution in [0.2, 0.25) is 0 Å². The van der Waals surface area contributed by atoms with Gasteiger partial charge in [0.15, 0.2) is 0 Å². The molecule has 0 fully saturated rings. The molecule has 162 valence electrons. The van der Waals surface area contributed by atoms with E-state index in [0.29, 0.717) is 12.2 Å². The van der Waals surface area contributed by atoms with Crippen LogP contribution in [0.25, 0.3) is 11.3 Å². The quantitative estimate of drug-likeness (QED) is 0.281. The smallest absolute Gasteiger partial charge is 0.270 e. The Labute approximate surface area is 179 Å². The molecule has 1 aromatic heterocycles. The Morgan fingerprint density at radius 1 is 1.00 bits per heavy atom. The van der Waals surface area contributed by atoms with Gasteiger partial charge in [-0.15, -0.1) is 0 Å². The topological polar surface area (TPSA) is 132 Å². The van der Waals surface area contributed by atoms with E-state index < -0.39 is 14.9 Å². The Bertz CT molecular complexity index is 1160. The highest BCUT2D eigenvalue weighted by Gasteiger charge is 2.17. The van der Waals surface area contributed by atoms with Crippen LogP contribution in [-0.4, -0.2) is 32.3 Å². The van der Waals surface area contributed by atoms with E-state index in [0.717, 1.165) is 17.4 Å². The van der Waals surface area contributed by atoms with Crippen LogP contribution in [0.5, 0.6) is 0 Å². The van der Waals surface area contributed by atoms with E-state index in [1.54, 1.807) is 0 Å². The van der Waals surface area contributed by atoms with Crippen LogP contribution in [0.3, 0.4) is 0 Å². The first kappa shape index (κ1) is 22.2. The van der Waals surface area contributed by atoms with Crippen molar-refractivity contribution in [3.63, 3.8) is 0 Å². The Kier molecular flexibility index (Phi) is 7.16. The molecule has 0 spiro atoms. The summed E-state index contributed by atoms with van der Waals surface area (Å²) in [5, 5.41) is 13.4. The summed E-state index contributed by atoms with van der Waals surface area (Å²) in [6, 6.07) is 18.0. The first-order valence-corrected chi connectivity index (χ1v) is 11.0. The largest absolute Gasteiger partial charge is 0.461 e. The van der Waals surface area contributed by atoms with Gasteiger partial charge in [0.05, 0.1) is 9.82 Å². The highest BCUT2D eigenvalue weighted by atomic mass is 32.2. The molecule has 0 saturated carbocycles. The third-order valence-corrected chi connectivity index (χ3v) is 5.86. The molecule has 9 nitrogen and oxygen atoms in total. The minimum atomic E-state index is -3.91. The number of nitrogens with one attached hydrogen (secondary N) is 2. The third-order valence-electron chi connectivity index (χ3n) is 4.40. The molecule has 0 bridgehead atoms. The maximum absolute atomic E-state index is 12.2. The van der Waals surface area contributed by atoms with Gasteiger partial charge in [0.2, 0.25) is 15.9 Å². The maximum atomic E-state index is 12.2. The number of hydrogen-bond donors (Lipinski definition) is 2. The summed E-state index contributed by atoms with van der Waals surface area (Å²) in [6.07, 6.45) is 0.609. The van der Waals surface area contributed by atoms with E-state index in [2.05, 4.69) is 10.0 Å². The molecular formula is C21H21N3O6S. The number of carbonyl (C=O) groups excluding carboxylic acids is 1. The van der Waals surface area contributed by atoms with Gasteiger partial charge in [-0.25, -0.2) is 13.1 Å². The lowest BCUT2D eigenvalue weighted by molar-refractivity contribution is -0.385. The van der Waals surface area contributed by atoms with Crippen molar-refractivity contribution in [1.82, 2.24) is 10.0 Å². The minimum absolute atomic E-state index is 0.0460. The second-order valence-corrected chi connectivity index (χ2v) is 8.40. The summed E-state index contributed by atoms with van der Waals surface area (Å²) in [5.41, 5.74) is 0.638. The average molecular weight is 443 g/mol. The number of rotatable bonds is 10. The number of nitro groups is 1. The van der Waals surface area contributed by atoms with Gasteiger partial charge in [-0.05, 0) is 18.2 Å². The highest BCUT2D eigenvalue weighted by molar-refractivity contribution is 7.89. The molecule has 3 aromatic rings. The lowest BCUT2D eigenvalue weighted by atomic mass is 10.2. The number of nitro benzene ring substituents is 1. The summed E-state index contributed by atoms with van der Waals surface area (Å²) in [6.45, 7) is 0.0378. The van der Waals surface area contributed by atoms with E-state index >= 15 is 0 Å². The summed E-state index contributed by atoms with van der Waals surface area (Å²) in [4.78, 5) is 21.9. The molecular weight excluding hydrogens is 422 g/mol. The van der Waals surface area contributed by atoms with Gasteiger partial charge < -0.3 is 9.73 Å². The summed E-state index contributed by atoms with van der Waals surface area (Å²) >= 11 is 0. The number of carbonyl (C=O) groups is 1. The zero-order chi connectivity index (χ0) is 22.3. The van der Waals surface area contributed by atoms with Crippen LogP contribution < -0.4 is 10.0 Å². The fraction of sp³-hybridized carbons (Fsp3) is 0.190.